The first-order valence-corrected chi connectivity index (χ1v) is 10.9. The molecule has 0 bridgehead atoms. The van der Waals surface area contributed by atoms with Crippen molar-refractivity contribution in [2.24, 2.45) is 4.99 Å². The minimum atomic E-state index is -3.57. The van der Waals surface area contributed by atoms with Gasteiger partial charge in [0, 0.05) is 11.8 Å². The largest absolute Gasteiger partial charge is 0.464 e. The van der Waals surface area contributed by atoms with E-state index >= 15 is 0 Å². The number of esters is 1. The Morgan fingerprint density at radius 1 is 1.52 bits per heavy atom. The van der Waals surface area contributed by atoms with Crippen molar-refractivity contribution in [3.05, 3.63) is 30.1 Å². The number of hydrogen-bond acceptors (Lipinski definition) is 8. The molecular weight excluding hydrogens is 396 g/mol. The molecule has 0 fully saturated rings. The molecule has 2 rings (SSSR count). The van der Waals surface area contributed by atoms with Gasteiger partial charge >= 0.3 is 5.97 Å². The van der Waals surface area contributed by atoms with Crippen LogP contribution in [0.15, 0.2) is 29.5 Å². The summed E-state index contributed by atoms with van der Waals surface area (Å²) in [7, 11) is -3.57. The third-order valence-electron chi connectivity index (χ3n) is 3.37. The Balaban J connectivity index is 2.00. The second kappa shape index (κ2) is 9.26. The molecular formula is C15H21N4O6S2+. The van der Waals surface area contributed by atoms with Crippen molar-refractivity contribution in [1.29, 1.82) is 0 Å². The van der Waals surface area contributed by atoms with Crippen LogP contribution in [0.2, 0.25) is 0 Å². The van der Waals surface area contributed by atoms with Crippen LogP contribution in [-0.4, -0.2) is 61.2 Å². The maximum Gasteiger partial charge on any atom is 0.331 e. The Kier molecular flexibility index (Phi) is 7.30. The lowest BCUT2D eigenvalue weighted by atomic mass is 10.2. The summed E-state index contributed by atoms with van der Waals surface area (Å²) in [5.74, 6) is -0.647. The lowest BCUT2D eigenvalue weighted by Crippen LogP contribution is -2.44. The first-order chi connectivity index (χ1) is 12.7. The van der Waals surface area contributed by atoms with Crippen LogP contribution in [0.25, 0.3) is 0 Å². The van der Waals surface area contributed by atoms with E-state index in [9.17, 15) is 23.1 Å². The van der Waals surface area contributed by atoms with E-state index in [0.29, 0.717) is 10.8 Å². The van der Waals surface area contributed by atoms with E-state index in [1.165, 1.54) is 24.0 Å². The Morgan fingerprint density at radius 3 is 2.93 bits per heavy atom. The number of ether oxygens (including phenoxy) is 1. The highest BCUT2D eigenvalue weighted by Gasteiger charge is 2.31. The molecule has 0 radical (unpaired) electrons. The van der Waals surface area contributed by atoms with Crippen LogP contribution in [0.5, 0.6) is 0 Å². The minimum Gasteiger partial charge on any atom is -0.464 e. The van der Waals surface area contributed by atoms with Crippen LogP contribution in [0.3, 0.4) is 0 Å². The minimum absolute atomic E-state index is 0.113. The lowest BCUT2D eigenvalue weighted by molar-refractivity contribution is -0.701. The molecule has 2 atom stereocenters. The monoisotopic (exact) mass is 417 g/mol. The fraction of sp³-hybridized carbons (Fsp3) is 0.467. The Labute approximate surface area is 161 Å². The molecule has 1 aromatic heterocycles. The number of sulfonamides is 1. The molecule has 2 heterocycles. The molecule has 0 aromatic carbocycles. The molecule has 1 aliphatic rings. The normalized spacial score (nSPS) is 17.9. The van der Waals surface area contributed by atoms with E-state index in [0.717, 1.165) is 6.26 Å². The van der Waals surface area contributed by atoms with E-state index in [-0.39, 0.29) is 18.7 Å². The van der Waals surface area contributed by atoms with Crippen molar-refractivity contribution in [2.75, 3.05) is 18.6 Å². The summed E-state index contributed by atoms with van der Waals surface area (Å²) in [4.78, 5) is 29.8. The third kappa shape index (κ3) is 6.57. The van der Waals surface area contributed by atoms with E-state index in [4.69, 9.17) is 4.74 Å². The molecule has 0 saturated heterocycles. The van der Waals surface area contributed by atoms with Gasteiger partial charge in [-0.05, 0) is 13.0 Å². The number of amides is 1. The van der Waals surface area contributed by atoms with Gasteiger partial charge in [-0.25, -0.2) is 17.8 Å². The van der Waals surface area contributed by atoms with Crippen LogP contribution in [-0.2, 0) is 26.1 Å². The summed E-state index contributed by atoms with van der Waals surface area (Å²) in [6, 6.07) is 2.47. The molecule has 0 saturated carbocycles. The van der Waals surface area contributed by atoms with Gasteiger partial charge in [0.15, 0.2) is 31.1 Å². The van der Waals surface area contributed by atoms with E-state index in [2.05, 4.69) is 10.4 Å². The highest BCUT2D eigenvalue weighted by atomic mass is 32.2. The molecule has 27 heavy (non-hydrogen) atoms. The number of nitrogens with one attached hydrogen (secondary N) is 2. The summed E-state index contributed by atoms with van der Waals surface area (Å²) in [6.45, 7) is 2.10. The number of aliphatic imine (C=N–C) groups is 1. The number of rotatable bonds is 8. The standard InChI is InChI=1S/C15H20N4O6S2/c1-3-25-15(22)11-9-26-14(16-11)12(20)8-19-6-4-5-10(7-19)13(21)17-18-27(2,23)24/h4-7,11-12,18,20H,3,8-9H2,1-2H3/p+1. The zero-order valence-electron chi connectivity index (χ0n) is 14.8. The molecule has 0 spiro atoms. The van der Waals surface area contributed by atoms with Gasteiger partial charge in [0.1, 0.15) is 10.6 Å². The summed E-state index contributed by atoms with van der Waals surface area (Å²) in [6.07, 6.45) is 3.07. The molecule has 3 N–H and O–H groups in total. The van der Waals surface area contributed by atoms with Crippen molar-refractivity contribution < 1.29 is 32.4 Å². The van der Waals surface area contributed by atoms with Gasteiger partial charge in [-0.1, -0.05) is 0 Å². The number of carbonyl (C=O) groups excluding carboxylic acids is 2. The molecule has 148 valence electrons. The highest BCUT2D eigenvalue weighted by molar-refractivity contribution is 8.14. The molecule has 1 aliphatic heterocycles. The first-order valence-electron chi connectivity index (χ1n) is 8.01. The number of hydrazine groups is 1. The smallest absolute Gasteiger partial charge is 0.331 e. The number of aliphatic hydroxyl groups excluding tert-OH is 1. The zero-order valence-corrected chi connectivity index (χ0v) is 16.4. The zero-order chi connectivity index (χ0) is 20.0. The lowest BCUT2D eigenvalue weighted by Gasteiger charge is -2.08. The SMILES string of the molecule is CCOC(=O)C1CSC(C(O)C[n+]2cccc(C(=O)NNS(C)(=O)=O)c2)=N1. The van der Waals surface area contributed by atoms with Crippen LogP contribution >= 0.6 is 11.8 Å². The second-order valence-corrected chi connectivity index (χ2v) is 8.47. The summed E-state index contributed by atoms with van der Waals surface area (Å²) in [5.41, 5.74) is 2.27. The Morgan fingerprint density at radius 2 is 2.26 bits per heavy atom. The predicted octanol–water partition coefficient (Wildman–Crippen LogP) is -1.39. The topological polar surface area (TPSA) is 138 Å². The quantitative estimate of drug-likeness (QED) is 0.269. The number of hydrogen-bond donors (Lipinski definition) is 3. The summed E-state index contributed by atoms with van der Waals surface area (Å²) >= 11 is 1.28. The fourth-order valence-corrected chi connectivity index (χ4v) is 3.48. The molecule has 1 aromatic rings. The average Bonchev–Trinajstić information content (AvgIpc) is 3.10. The number of aliphatic hydroxyl groups is 1. The number of carbonyl (C=O) groups is 2. The van der Waals surface area contributed by atoms with Crippen molar-refractivity contribution in [3.63, 3.8) is 0 Å². The molecule has 10 nitrogen and oxygen atoms in total. The Bertz CT molecular complexity index is 842. The van der Waals surface area contributed by atoms with Crippen LogP contribution < -0.4 is 14.8 Å². The molecule has 1 amide bonds. The average molecular weight is 417 g/mol. The number of aromatic nitrogens is 1. The van der Waals surface area contributed by atoms with Crippen molar-refractivity contribution >= 4 is 38.7 Å². The number of nitrogens with zero attached hydrogens (tertiary/aromatic N) is 2. The molecule has 2 unspecified atom stereocenters. The van der Waals surface area contributed by atoms with Gasteiger partial charge in [0.25, 0.3) is 5.91 Å². The fourth-order valence-electron chi connectivity index (χ4n) is 2.19. The van der Waals surface area contributed by atoms with Crippen molar-refractivity contribution in [2.45, 2.75) is 25.6 Å². The van der Waals surface area contributed by atoms with Gasteiger partial charge in [-0.15, -0.1) is 16.6 Å². The van der Waals surface area contributed by atoms with Gasteiger partial charge in [-0.2, -0.15) is 0 Å². The van der Waals surface area contributed by atoms with Crippen LogP contribution in [0.1, 0.15) is 17.3 Å². The maximum absolute atomic E-state index is 12.0. The molecule has 0 aliphatic carbocycles. The van der Waals surface area contributed by atoms with Crippen LogP contribution in [0.4, 0.5) is 0 Å². The van der Waals surface area contributed by atoms with Gasteiger partial charge in [0.05, 0.1) is 12.9 Å². The van der Waals surface area contributed by atoms with Crippen LogP contribution in [0, 0.1) is 0 Å². The van der Waals surface area contributed by atoms with E-state index in [1.54, 1.807) is 23.8 Å². The third-order valence-corrected chi connectivity index (χ3v) is 5.00. The van der Waals surface area contributed by atoms with E-state index < -0.39 is 34.0 Å². The predicted molar refractivity (Wildman–Crippen MR) is 98.4 cm³/mol. The second-order valence-electron chi connectivity index (χ2n) is 5.68. The van der Waals surface area contributed by atoms with Crippen molar-refractivity contribution in [3.8, 4) is 0 Å². The number of thioether (sulfide) groups is 1. The highest BCUT2D eigenvalue weighted by Crippen LogP contribution is 2.21. The first kappa shape index (κ1) is 21.3. The van der Waals surface area contributed by atoms with Gasteiger partial charge in [0.2, 0.25) is 10.0 Å². The van der Waals surface area contributed by atoms with Crippen molar-refractivity contribution in [1.82, 2.24) is 10.3 Å². The summed E-state index contributed by atoms with van der Waals surface area (Å²) in [5, 5.41) is 10.8. The maximum atomic E-state index is 12.0. The Hall–Kier alpha value is -2.02. The summed E-state index contributed by atoms with van der Waals surface area (Å²) < 4.78 is 28.6. The van der Waals surface area contributed by atoms with Gasteiger partial charge < -0.3 is 9.84 Å². The van der Waals surface area contributed by atoms with Gasteiger partial charge in [-0.3, -0.25) is 15.2 Å². The molecule has 12 heteroatoms. The number of pyridine rings is 1. The van der Waals surface area contributed by atoms with E-state index in [1.807, 2.05) is 4.83 Å².